The standard InChI is InChI=1S/C22H21F2N3O/c1-22(2,3)17-6-4-5-7-19(17)26-16-10-14(12-25-13-16)21(28)27-20-9-8-15(23)11-18(20)24/h4-13,26H,1-3H3,(H,27,28). The number of halogens is 2. The number of nitrogens with zero attached hydrogens (tertiary/aromatic N) is 1. The van der Waals surface area contributed by atoms with E-state index in [9.17, 15) is 13.6 Å². The largest absolute Gasteiger partial charge is 0.354 e. The van der Waals surface area contributed by atoms with E-state index in [1.165, 1.54) is 12.3 Å². The molecule has 1 heterocycles. The van der Waals surface area contributed by atoms with Gasteiger partial charge in [-0.2, -0.15) is 0 Å². The van der Waals surface area contributed by atoms with Gasteiger partial charge < -0.3 is 10.6 Å². The van der Waals surface area contributed by atoms with Crippen LogP contribution in [0.25, 0.3) is 0 Å². The van der Waals surface area contributed by atoms with Crippen molar-refractivity contribution in [2.24, 2.45) is 0 Å². The van der Waals surface area contributed by atoms with E-state index in [-0.39, 0.29) is 16.7 Å². The molecule has 0 saturated carbocycles. The Morgan fingerprint density at radius 1 is 0.964 bits per heavy atom. The Labute approximate surface area is 162 Å². The first-order valence-corrected chi connectivity index (χ1v) is 8.82. The number of pyridine rings is 1. The van der Waals surface area contributed by atoms with Gasteiger partial charge in [0.25, 0.3) is 5.91 Å². The highest BCUT2D eigenvalue weighted by Gasteiger charge is 2.18. The van der Waals surface area contributed by atoms with Crippen molar-refractivity contribution in [1.82, 2.24) is 4.98 Å². The second-order valence-electron chi connectivity index (χ2n) is 7.46. The lowest BCUT2D eigenvalue weighted by molar-refractivity contribution is 0.102. The minimum Gasteiger partial charge on any atom is -0.354 e. The van der Waals surface area contributed by atoms with Crippen LogP contribution in [0.3, 0.4) is 0 Å². The van der Waals surface area contributed by atoms with E-state index in [0.717, 1.165) is 23.4 Å². The van der Waals surface area contributed by atoms with E-state index in [1.807, 2.05) is 24.3 Å². The van der Waals surface area contributed by atoms with Crippen molar-refractivity contribution >= 4 is 23.0 Å². The molecule has 0 bridgehead atoms. The van der Waals surface area contributed by atoms with E-state index < -0.39 is 17.5 Å². The van der Waals surface area contributed by atoms with Crippen molar-refractivity contribution in [3.63, 3.8) is 0 Å². The van der Waals surface area contributed by atoms with Crippen LogP contribution in [0.5, 0.6) is 0 Å². The van der Waals surface area contributed by atoms with E-state index in [1.54, 1.807) is 12.3 Å². The van der Waals surface area contributed by atoms with Gasteiger partial charge in [-0.1, -0.05) is 39.0 Å². The number of anilines is 3. The number of hydrogen-bond acceptors (Lipinski definition) is 3. The molecular weight excluding hydrogens is 360 g/mol. The quantitative estimate of drug-likeness (QED) is 0.614. The van der Waals surface area contributed by atoms with Gasteiger partial charge in [0.15, 0.2) is 0 Å². The molecule has 0 aliphatic carbocycles. The number of nitrogens with one attached hydrogen (secondary N) is 2. The van der Waals surface area contributed by atoms with E-state index in [2.05, 4.69) is 36.4 Å². The van der Waals surface area contributed by atoms with Crippen LogP contribution in [0, 0.1) is 11.6 Å². The monoisotopic (exact) mass is 381 g/mol. The minimum atomic E-state index is -0.838. The Morgan fingerprint density at radius 2 is 1.71 bits per heavy atom. The number of para-hydroxylation sites is 1. The van der Waals surface area contributed by atoms with E-state index in [0.29, 0.717) is 5.69 Å². The van der Waals surface area contributed by atoms with Gasteiger partial charge in [-0.3, -0.25) is 9.78 Å². The fourth-order valence-corrected chi connectivity index (χ4v) is 2.82. The predicted molar refractivity (Wildman–Crippen MR) is 107 cm³/mol. The lowest BCUT2D eigenvalue weighted by atomic mass is 9.86. The summed E-state index contributed by atoms with van der Waals surface area (Å²) < 4.78 is 26.8. The van der Waals surface area contributed by atoms with Gasteiger partial charge in [-0.15, -0.1) is 0 Å². The molecule has 1 aromatic heterocycles. The van der Waals surface area contributed by atoms with Gasteiger partial charge >= 0.3 is 0 Å². The molecule has 144 valence electrons. The van der Waals surface area contributed by atoms with Gasteiger partial charge in [0.2, 0.25) is 0 Å². The lowest BCUT2D eigenvalue weighted by Crippen LogP contribution is -2.15. The third-order valence-electron chi connectivity index (χ3n) is 4.19. The maximum Gasteiger partial charge on any atom is 0.257 e. The summed E-state index contributed by atoms with van der Waals surface area (Å²) in [5.74, 6) is -2.08. The van der Waals surface area contributed by atoms with Crippen LogP contribution in [-0.4, -0.2) is 10.9 Å². The number of carbonyl (C=O) groups is 1. The van der Waals surface area contributed by atoms with Gasteiger partial charge in [0, 0.05) is 18.0 Å². The molecule has 0 aliphatic rings. The fourth-order valence-electron chi connectivity index (χ4n) is 2.82. The first-order chi connectivity index (χ1) is 13.2. The topological polar surface area (TPSA) is 54.0 Å². The molecule has 2 N–H and O–H groups in total. The molecule has 0 fully saturated rings. The zero-order valence-electron chi connectivity index (χ0n) is 15.9. The van der Waals surface area contributed by atoms with Gasteiger partial charge in [0.1, 0.15) is 11.6 Å². The van der Waals surface area contributed by atoms with Crippen molar-refractivity contribution in [1.29, 1.82) is 0 Å². The van der Waals surface area contributed by atoms with Crippen LogP contribution in [0.15, 0.2) is 60.9 Å². The summed E-state index contributed by atoms with van der Waals surface area (Å²) in [4.78, 5) is 16.5. The SMILES string of the molecule is CC(C)(C)c1ccccc1Nc1cncc(C(=O)Nc2ccc(F)cc2F)c1. The Balaban J connectivity index is 1.82. The van der Waals surface area contributed by atoms with Gasteiger partial charge in [-0.05, 0) is 35.2 Å². The molecule has 1 amide bonds. The first kappa shape index (κ1) is 19.5. The third-order valence-corrected chi connectivity index (χ3v) is 4.19. The lowest BCUT2D eigenvalue weighted by Gasteiger charge is -2.23. The molecule has 6 heteroatoms. The van der Waals surface area contributed by atoms with Crippen LogP contribution in [0.2, 0.25) is 0 Å². The van der Waals surface area contributed by atoms with Crippen LogP contribution in [0.4, 0.5) is 25.8 Å². The molecule has 0 aliphatic heterocycles. The Kier molecular flexibility index (Phi) is 5.40. The third kappa shape index (κ3) is 4.52. The number of hydrogen-bond donors (Lipinski definition) is 2. The summed E-state index contributed by atoms with van der Waals surface area (Å²) in [5, 5.41) is 5.72. The summed E-state index contributed by atoms with van der Waals surface area (Å²) in [7, 11) is 0. The van der Waals surface area contributed by atoms with Crippen molar-refractivity contribution in [3.8, 4) is 0 Å². The van der Waals surface area contributed by atoms with Crippen LogP contribution in [0.1, 0.15) is 36.7 Å². The number of aromatic nitrogens is 1. The van der Waals surface area contributed by atoms with Gasteiger partial charge in [0.05, 0.1) is 23.1 Å². The minimum absolute atomic E-state index is 0.0634. The number of benzene rings is 2. The fraction of sp³-hybridized carbons (Fsp3) is 0.182. The second kappa shape index (κ2) is 7.76. The Hall–Kier alpha value is -3.28. The zero-order valence-corrected chi connectivity index (χ0v) is 15.9. The van der Waals surface area contributed by atoms with Crippen molar-refractivity contribution in [2.45, 2.75) is 26.2 Å². The van der Waals surface area contributed by atoms with E-state index in [4.69, 9.17) is 0 Å². The molecular formula is C22H21F2N3O. The van der Waals surface area contributed by atoms with Crippen LogP contribution in [-0.2, 0) is 5.41 Å². The zero-order chi connectivity index (χ0) is 20.3. The maximum absolute atomic E-state index is 13.8. The van der Waals surface area contributed by atoms with Crippen molar-refractivity contribution in [2.75, 3.05) is 10.6 Å². The molecule has 2 aromatic carbocycles. The Bertz CT molecular complexity index is 1010. The smallest absolute Gasteiger partial charge is 0.257 e. The second-order valence-corrected chi connectivity index (χ2v) is 7.46. The van der Waals surface area contributed by atoms with Gasteiger partial charge in [-0.25, -0.2) is 8.78 Å². The molecule has 4 nitrogen and oxygen atoms in total. The highest BCUT2D eigenvalue weighted by molar-refractivity contribution is 6.04. The molecule has 0 spiro atoms. The average molecular weight is 381 g/mol. The average Bonchev–Trinajstić information content (AvgIpc) is 2.64. The predicted octanol–water partition coefficient (Wildman–Crippen LogP) is 5.65. The molecule has 3 aromatic rings. The van der Waals surface area contributed by atoms with Crippen LogP contribution >= 0.6 is 0 Å². The van der Waals surface area contributed by atoms with Crippen LogP contribution < -0.4 is 10.6 Å². The number of amides is 1. The normalized spacial score (nSPS) is 11.2. The summed E-state index contributed by atoms with van der Waals surface area (Å²) in [5.41, 5.74) is 2.76. The summed E-state index contributed by atoms with van der Waals surface area (Å²) in [6, 6.07) is 12.5. The van der Waals surface area contributed by atoms with E-state index >= 15 is 0 Å². The molecule has 0 radical (unpaired) electrons. The summed E-state index contributed by atoms with van der Waals surface area (Å²) >= 11 is 0. The summed E-state index contributed by atoms with van der Waals surface area (Å²) in [6.07, 6.45) is 2.99. The molecule has 0 saturated heterocycles. The molecule has 0 unspecified atom stereocenters. The molecule has 28 heavy (non-hydrogen) atoms. The number of carbonyl (C=O) groups excluding carboxylic acids is 1. The number of rotatable bonds is 4. The first-order valence-electron chi connectivity index (χ1n) is 8.82. The Morgan fingerprint density at radius 3 is 2.43 bits per heavy atom. The summed E-state index contributed by atoms with van der Waals surface area (Å²) in [6.45, 7) is 6.35. The molecule has 3 rings (SSSR count). The highest BCUT2D eigenvalue weighted by Crippen LogP contribution is 2.31. The van der Waals surface area contributed by atoms with Crippen molar-refractivity contribution in [3.05, 3.63) is 83.7 Å². The highest BCUT2D eigenvalue weighted by atomic mass is 19.1. The molecule has 0 atom stereocenters. The maximum atomic E-state index is 13.8. The van der Waals surface area contributed by atoms with Crippen molar-refractivity contribution < 1.29 is 13.6 Å².